The number of carbonyl (C=O) groups is 1. The van der Waals surface area contributed by atoms with Gasteiger partial charge in [-0.05, 0) is 47.1 Å². The minimum absolute atomic E-state index is 0.0514. The molecule has 0 bridgehead atoms. The summed E-state index contributed by atoms with van der Waals surface area (Å²) < 4.78 is 7.12. The van der Waals surface area contributed by atoms with Gasteiger partial charge in [-0.2, -0.15) is 0 Å². The fraction of sp³-hybridized carbons (Fsp3) is 0.353. The van der Waals surface area contributed by atoms with Crippen LogP contribution < -0.4 is 10.3 Å². The number of carbonyl (C=O) groups excluding carboxylic acids is 1. The minimum Gasteiger partial charge on any atom is -0.496 e. The van der Waals surface area contributed by atoms with Crippen LogP contribution in [0.1, 0.15) is 29.9 Å². The highest BCUT2D eigenvalue weighted by Crippen LogP contribution is 2.18. The summed E-state index contributed by atoms with van der Waals surface area (Å²) in [4.78, 5) is 29.2. The highest BCUT2D eigenvalue weighted by atomic mass is 127. The van der Waals surface area contributed by atoms with E-state index in [-0.39, 0.29) is 17.9 Å². The minimum atomic E-state index is -0.182. The lowest BCUT2D eigenvalue weighted by molar-refractivity contribution is 0.0967. The number of para-hydroxylation sites is 1. The number of ether oxygens (including phenoxy) is 1. The molecule has 1 aromatic carbocycles. The molecule has 0 atom stereocenters. The summed E-state index contributed by atoms with van der Waals surface area (Å²) in [5.41, 5.74) is 1.06. The maximum Gasteiger partial charge on any atom is 0.267 e. The number of hydrogen-bond donors (Lipinski definition) is 0. The van der Waals surface area contributed by atoms with Gasteiger partial charge in [0.25, 0.3) is 5.56 Å². The Hall–Kier alpha value is -1.70. The largest absolute Gasteiger partial charge is 0.496 e. The molecule has 0 fully saturated rings. The molecule has 1 heterocycles. The topological polar surface area (TPSA) is 61.2 Å². The van der Waals surface area contributed by atoms with Crippen LogP contribution in [0.15, 0.2) is 35.4 Å². The second-order valence-corrected chi connectivity index (χ2v) is 6.74. The summed E-state index contributed by atoms with van der Waals surface area (Å²) >= 11 is 2.01. The molecule has 0 saturated heterocycles. The number of hydrogen-bond acceptors (Lipinski definition) is 4. The number of nitrogens with zero attached hydrogens (tertiary/aromatic N) is 2. The molecular weight excluding hydrogens is 407 g/mol. The number of rotatable bonds is 6. The first-order valence-corrected chi connectivity index (χ1v) is 8.42. The van der Waals surface area contributed by atoms with Crippen molar-refractivity contribution in [1.29, 1.82) is 0 Å². The molecule has 0 spiro atoms. The molecular formula is C17H19IN2O3. The molecule has 0 amide bonds. The average molecular weight is 426 g/mol. The third kappa shape index (κ3) is 4.19. The van der Waals surface area contributed by atoms with Crippen molar-refractivity contribution >= 4 is 28.4 Å². The van der Waals surface area contributed by atoms with E-state index in [1.807, 2.05) is 22.6 Å². The van der Waals surface area contributed by atoms with Crippen molar-refractivity contribution in [3.8, 4) is 5.75 Å². The zero-order valence-electron chi connectivity index (χ0n) is 13.4. The second kappa shape index (κ2) is 7.72. The smallest absolute Gasteiger partial charge is 0.267 e. The highest BCUT2D eigenvalue weighted by Gasteiger charge is 2.15. The summed E-state index contributed by atoms with van der Waals surface area (Å²) in [6.07, 6.45) is 2.20. The van der Waals surface area contributed by atoms with Crippen LogP contribution in [0.4, 0.5) is 0 Å². The fourth-order valence-corrected chi connectivity index (χ4v) is 2.92. The first-order chi connectivity index (χ1) is 10.9. The van der Waals surface area contributed by atoms with Crippen LogP contribution in [-0.4, -0.2) is 22.4 Å². The van der Waals surface area contributed by atoms with Crippen LogP contribution in [0.3, 0.4) is 0 Å². The van der Waals surface area contributed by atoms with Gasteiger partial charge < -0.3 is 4.74 Å². The van der Waals surface area contributed by atoms with E-state index in [1.54, 1.807) is 24.3 Å². The van der Waals surface area contributed by atoms with Crippen LogP contribution in [0.25, 0.3) is 0 Å². The van der Waals surface area contributed by atoms with Crippen molar-refractivity contribution in [2.45, 2.75) is 26.8 Å². The first-order valence-electron chi connectivity index (χ1n) is 7.34. The summed E-state index contributed by atoms with van der Waals surface area (Å²) in [6, 6.07) is 6.99. The lowest BCUT2D eigenvalue weighted by Crippen LogP contribution is -2.28. The van der Waals surface area contributed by atoms with Gasteiger partial charge in [0, 0.05) is 0 Å². The number of methoxy groups -OCH3 is 1. The molecule has 0 saturated carbocycles. The Morgan fingerprint density at radius 3 is 2.70 bits per heavy atom. The highest BCUT2D eigenvalue weighted by molar-refractivity contribution is 14.1. The van der Waals surface area contributed by atoms with Crippen LogP contribution >= 0.6 is 22.6 Å². The Balaban J connectivity index is 2.28. The van der Waals surface area contributed by atoms with E-state index < -0.39 is 0 Å². The Bertz CT molecular complexity index is 769. The standard InChI is InChI=1S/C17H19IN2O3/c1-11(2)8-13-16(18)17(22)20(10-19-13)9-14(21)12-6-4-5-7-15(12)23-3/h4-7,10-11H,8-9H2,1-3H3. The predicted octanol–water partition coefficient (Wildman–Crippen LogP) is 2.94. The Kier molecular flexibility index (Phi) is 5.92. The number of Topliss-reactive ketones (excluding diaryl/α,β-unsaturated/α-hetero) is 1. The molecule has 0 radical (unpaired) electrons. The second-order valence-electron chi connectivity index (χ2n) is 5.66. The molecule has 6 heteroatoms. The molecule has 2 rings (SSSR count). The summed E-state index contributed by atoms with van der Waals surface area (Å²) in [5.74, 6) is 0.741. The van der Waals surface area contributed by atoms with Gasteiger partial charge >= 0.3 is 0 Å². The van der Waals surface area contributed by atoms with E-state index in [1.165, 1.54) is 18.0 Å². The molecule has 2 aromatic rings. The quantitative estimate of drug-likeness (QED) is 0.527. The number of aromatic nitrogens is 2. The lowest BCUT2D eigenvalue weighted by Gasteiger charge is -2.11. The van der Waals surface area contributed by atoms with Crippen LogP contribution in [0, 0.1) is 9.49 Å². The van der Waals surface area contributed by atoms with Crippen molar-refractivity contribution in [3.05, 3.63) is 55.8 Å². The third-order valence-electron chi connectivity index (χ3n) is 3.38. The molecule has 122 valence electrons. The van der Waals surface area contributed by atoms with E-state index in [2.05, 4.69) is 18.8 Å². The van der Waals surface area contributed by atoms with Crippen molar-refractivity contribution in [2.75, 3.05) is 7.11 Å². The van der Waals surface area contributed by atoms with Crippen molar-refractivity contribution < 1.29 is 9.53 Å². The van der Waals surface area contributed by atoms with Crippen molar-refractivity contribution in [2.24, 2.45) is 5.92 Å². The maximum atomic E-state index is 12.5. The van der Waals surface area contributed by atoms with Gasteiger partial charge in [-0.1, -0.05) is 26.0 Å². The SMILES string of the molecule is COc1ccccc1C(=O)Cn1cnc(CC(C)C)c(I)c1=O. The first kappa shape index (κ1) is 17.7. The van der Waals surface area contributed by atoms with Gasteiger partial charge in [-0.3, -0.25) is 14.2 Å². The molecule has 1 aromatic heterocycles. The van der Waals surface area contributed by atoms with Gasteiger partial charge in [-0.25, -0.2) is 4.98 Å². The summed E-state index contributed by atoms with van der Waals surface area (Å²) in [7, 11) is 1.52. The predicted molar refractivity (Wildman–Crippen MR) is 97.1 cm³/mol. The number of benzene rings is 1. The Morgan fingerprint density at radius 1 is 1.35 bits per heavy atom. The van der Waals surface area contributed by atoms with E-state index >= 15 is 0 Å². The Morgan fingerprint density at radius 2 is 2.04 bits per heavy atom. The van der Waals surface area contributed by atoms with Crippen LogP contribution in [0.5, 0.6) is 5.75 Å². The van der Waals surface area contributed by atoms with Gasteiger partial charge in [0.2, 0.25) is 0 Å². The van der Waals surface area contributed by atoms with Crippen molar-refractivity contribution in [1.82, 2.24) is 9.55 Å². The monoisotopic (exact) mass is 426 g/mol. The van der Waals surface area contributed by atoms with E-state index in [0.717, 1.165) is 12.1 Å². The number of halogens is 1. The fourth-order valence-electron chi connectivity index (χ4n) is 2.25. The van der Waals surface area contributed by atoms with E-state index in [4.69, 9.17) is 4.74 Å². The third-order valence-corrected chi connectivity index (χ3v) is 4.46. The molecule has 0 unspecified atom stereocenters. The van der Waals surface area contributed by atoms with Gasteiger partial charge in [0.05, 0.1) is 34.8 Å². The van der Waals surface area contributed by atoms with Crippen molar-refractivity contribution in [3.63, 3.8) is 0 Å². The van der Waals surface area contributed by atoms with Crippen LogP contribution in [-0.2, 0) is 13.0 Å². The lowest BCUT2D eigenvalue weighted by atomic mass is 10.1. The van der Waals surface area contributed by atoms with Gasteiger partial charge in [0.1, 0.15) is 5.75 Å². The Labute approximate surface area is 148 Å². The molecule has 0 aliphatic heterocycles. The number of ketones is 1. The summed E-state index contributed by atoms with van der Waals surface area (Å²) in [5, 5.41) is 0. The molecule has 0 aliphatic carbocycles. The molecule has 0 aliphatic rings. The summed E-state index contributed by atoms with van der Waals surface area (Å²) in [6.45, 7) is 4.10. The maximum absolute atomic E-state index is 12.5. The molecule has 5 nitrogen and oxygen atoms in total. The molecule has 0 N–H and O–H groups in total. The zero-order chi connectivity index (χ0) is 17.0. The average Bonchev–Trinajstić information content (AvgIpc) is 2.54. The van der Waals surface area contributed by atoms with Gasteiger partial charge in [-0.15, -0.1) is 0 Å². The zero-order valence-corrected chi connectivity index (χ0v) is 15.5. The van der Waals surface area contributed by atoms with Gasteiger partial charge in [0.15, 0.2) is 5.78 Å². The van der Waals surface area contributed by atoms with E-state index in [0.29, 0.717) is 20.8 Å². The molecule has 23 heavy (non-hydrogen) atoms. The van der Waals surface area contributed by atoms with Crippen LogP contribution in [0.2, 0.25) is 0 Å². The normalized spacial score (nSPS) is 10.8. The van der Waals surface area contributed by atoms with E-state index in [9.17, 15) is 9.59 Å².